The highest BCUT2D eigenvalue weighted by Gasteiger charge is 2.35. The number of hydrogen-bond acceptors (Lipinski definition) is 6. The first-order valence-electron chi connectivity index (χ1n) is 10.3. The van der Waals surface area contributed by atoms with Crippen LogP contribution in [0.5, 0.6) is 5.75 Å². The maximum atomic E-state index is 12.7. The fourth-order valence-electron chi connectivity index (χ4n) is 4.14. The molecule has 1 aliphatic heterocycles. The molecule has 0 saturated carbocycles. The van der Waals surface area contributed by atoms with Crippen molar-refractivity contribution in [2.45, 2.75) is 37.8 Å². The third-order valence-electron chi connectivity index (χ3n) is 5.61. The van der Waals surface area contributed by atoms with Gasteiger partial charge in [0, 0.05) is 32.1 Å². The van der Waals surface area contributed by atoms with Crippen LogP contribution in [0.1, 0.15) is 23.4 Å². The van der Waals surface area contributed by atoms with Gasteiger partial charge < -0.3 is 13.8 Å². The first-order chi connectivity index (χ1) is 14.9. The van der Waals surface area contributed by atoms with E-state index in [-0.39, 0.29) is 10.9 Å². The lowest BCUT2D eigenvalue weighted by atomic mass is 10.0. The first-order valence-corrected chi connectivity index (χ1v) is 11.8. The zero-order valence-corrected chi connectivity index (χ0v) is 18.8. The van der Waals surface area contributed by atoms with Crippen LogP contribution in [0.25, 0.3) is 11.1 Å². The van der Waals surface area contributed by atoms with Crippen molar-refractivity contribution < 1.29 is 18.0 Å². The third-order valence-corrected chi connectivity index (χ3v) is 7.37. The topological polar surface area (TPSA) is 90.7 Å². The van der Waals surface area contributed by atoms with Crippen LogP contribution in [-0.4, -0.2) is 40.9 Å². The van der Waals surface area contributed by atoms with Gasteiger partial charge in [0.25, 0.3) is 0 Å². The fraction of sp³-hybridized carbons (Fsp3) is 0.348. The Hall–Kier alpha value is -2.52. The summed E-state index contributed by atoms with van der Waals surface area (Å²) < 4.78 is 38.8. The molecule has 1 aliphatic rings. The summed E-state index contributed by atoms with van der Waals surface area (Å²) in [5.74, 6) is 1.17. The molecule has 31 heavy (non-hydrogen) atoms. The van der Waals surface area contributed by atoms with E-state index in [1.165, 1.54) is 5.56 Å². The van der Waals surface area contributed by atoms with Crippen molar-refractivity contribution in [3.8, 4) is 16.9 Å². The van der Waals surface area contributed by atoms with Crippen LogP contribution in [0.2, 0.25) is 0 Å². The number of ether oxygens (including phenoxy) is 1. The van der Waals surface area contributed by atoms with Crippen molar-refractivity contribution in [2.24, 2.45) is 0 Å². The Morgan fingerprint density at radius 2 is 1.97 bits per heavy atom. The van der Waals surface area contributed by atoms with Crippen LogP contribution in [0, 0.1) is 13.8 Å². The molecule has 2 unspecified atom stereocenters. The van der Waals surface area contributed by atoms with Crippen molar-refractivity contribution in [3.63, 3.8) is 0 Å². The maximum Gasteiger partial charge on any atom is 0.240 e. The molecule has 0 bridgehead atoms. The monoisotopic (exact) mass is 441 g/mol. The Morgan fingerprint density at radius 3 is 2.65 bits per heavy atom. The van der Waals surface area contributed by atoms with Gasteiger partial charge in [-0.1, -0.05) is 51.8 Å². The minimum absolute atomic E-state index is 0.133. The number of para-hydroxylation sites is 1. The number of benzene rings is 2. The van der Waals surface area contributed by atoms with Crippen LogP contribution in [-0.2, 0) is 21.2 Å². The highest BCUT2D eigenvalue weighted by Crippen LogP contribution is 2.30. The van der Waals surface area contributed by atoms with E-state index in [0.29, 0.717) is 18.0 Å². The van der Waals surface area contributed by atoms with E-state index in [2.05, 4.69) is 39.0 Å². The lowest BCUT2D eigenvalue weighted by Crippen LogP contribution is -2.41. The standard InChI is InChI=1S/C23H27N3O4S/c1-16-23(17(2)30-24-16)31(27,28)25-20-12-13-26(15-20)14-18-8-10-19(11-9-18)21-6-4-5-7-22(21)29-3/h4-11,20H,12-15H2,1-3H3,(H-,25,27,28). The van der Waals surface area contributed by atoms with Gasteiger partial charge in [-0.25, -0.2) is 0 Å². The van der Waals surface area contributed by atoms with Gasteiger partial charge in [0.05, 0.1) is 13.2 Å². The molecule has 8 heteroatoms. The van der Waals surface area contributed by atoms with Gasteiger partial charge >= 0.3 is 0 Å². The quantitative estimate of drug-likeness (QED) is 0.562. The molecule has 4 rings (SSSR count). The second-order valence-corrected chi connectivity index (χ2v) is 9.54. The van der Waals surface area contributed by atoms with E-state index in [9.17, 15) is 8.76 Å². The summed E-state index contributed by atoms with van der Waals surface area (Å²) in [5.41, 5.74) is 3.74. The Balaban J connectivity index is 1.38. The molecule has 3 aromatic rings. The minimum Gasteiger partial charge on any atom is -0.593 e. The lowest BCUT2D eigenvalue weighted by molar-refractivity contribution is 0.323. The Bertz CT molecular complexity index is 1080. The average Bonchev–Trinajstić information content (AvgIpc) is 3.33. The van der Waals surface area contributed by atoms with Crippen LogP contribution in [0.3, 0.4) is 0 Å². The Kier molecular flexibility index (Phi) is 6.24. The molecule has 164 valence electrons. The highest BCUT2D eigenvalue weighted by molar-refractivity contribution is 7.95. The summed E-state index contributed by atoms with van der Waals surface area (Å²) in [6.45, 7) is 5.53. The molecular formula is C23H27N3O4S. The molecule has 0 aliphatic carbocycles. The number of aromatic nitrogens is 1. The summed E-state index contributed by atoms with van der Waals surface area (Å²) in [4.78, 5) is 2.41. The number of aryl methyl sites for hydroxylation is 2. The predicted molar refractivity (Wildman–Crippen MR) is 118 cm³/mol. The first kappa shape index (κ1) is 21.7. The van der Waals surface area contributed by atoms with Gasteiger partial charge in [0.15, 0.2) is 16.2 Å². The van der Waals surface area contributed by atoms with E-state index in [1.54, 1.807) is 21.0 Å². The fourth-order valence-corrected chi connectivity index (χ4v) is 5.73. The van der Waals surface area contributed by atoms with Crippen LogP contribution >= 0.6 is 0 Å². The van der Waals surface area contributed by atoms with Gasteiger partial charge in [0.1, 0.15) is 11.4 Å². The number of rotatable bonds is 7. The van der Waals surface area contributed by atoms with E-state index in [1.807, 2.05) is 24.3 Å². The molecule has 0 amide bonds. The molecule has 1 N–H and O–H groups in total. The van der Waals surface area contributed by atoms with E-state index < -0.39 is 10.4 Å². The summed E-state index contributed by atoms with van der Waals surface area (Å²) in [7, 11) is -1.97. The number of nitrogens with zero attached hydrogens (tertiary/aromatic N) is 2. The number of methoxy groups -OCH3 is 1. The van der Waals surface area contributed by atoms with Crippen LogP contribution in [0.4, 0.5) is 0 Å². The summed E-state index contributed by atoms with van der Waals surface area (Å²) in [5, 5.41) is 3.76. The summed E-state index contributed by atoms with van der Waals surface area (Å²) >= 11 is 0. The maximum absolute atomic E-state index is 12.7. The molecular weight excluding hydrogens is 414 g/mol. The number of sulfonamides is 1. The smallest absolute Gasteiger partial charge is 0.240 e. The van der Waals surface area contributed by atoms with Crippen molar-refractivity contribution in [3.05, 3.63) is 65.5 Å². The molecule has 0 radical (unpaired) electrons. The summed E-state index contributed by atoms with van der Waals surface area (Å²) in [6.07, 6.45) is 0.766. The molecule has 1 fully saturated rings. The number of likely N-dealkylation sites (tertiary alicyclic amines) is 1. The van der Waals surface area contributed by atoms with Gasteiger partial charge in [-0.3, -0.25) is 4.90 Å². The van der Waals surface area contributed by atoms with E-state index in [4.69, 9.17) is 9.26 Å². The van der Waals surface area contributed by atoms with Gasteiger partial charge in [-0.05, 0) is 30.5 Å². The van der Waals surface area contributed by atoms with Crippen molar-refractivity contribution in [1.82, 2.24) is 14.8 Å². The Labute approximate surface area is 183 Å². The second-order valence-electron chi connectivity index (χ2n) is 7.89. The van der Waals surface area contributed by atoms with Crippen molar-refractivity contribution >= 4 is 10.4 Å². The highest BCUT2D eigenvalue weighted by atomic mass is 32.3. The van der Waals surface area contributed by atoms with E-state index >= 15 is 0 Å². The van der Waals surface area contributed by atoms with Crippen LogP contribution < -0.4 is 9.46 Å². The number of hydrogen-bond donors (Lipinski definition) is 1. The van der Waals surface area contributed by atoms with Gasteiger partial charge in [0.2, 0.25) is 4.90 Å². The van der Waals surface area contributed by atoms with Gasteiger partial charge in [-0.15, -0.1) is 4.72 Å². The minimum atomic E-state index is -3.65. The molecule has 0 spiro atoms. The SMILES string of the molecule is COc1ccccc1-c1ccc(CN2CCC(N[S+](=O)([O-])c3c(C)noc3C)C2)cc1. The molecule has 2 heterocycles. The molecule has 2 atom stereocenters. The zero-order valence-electron chi connectivity index (χ0n) is 18.0. The predicted octanol–water partition coefficient (Wildman–Crippen LogP) is 3.73. The number of nitrogens with one attached hydrogen (secondary N) is 1. The second kappa shape index (κ2) is 8.92. The van der Waals surface area contributed by atoms with Crippen LogP contribution in [0.15, 0.2) is 57.9 Å². The molecule has 2 aromatic carbocycles. The Morgan fingerprint density at radius 1 is 1.23 bits per heavy atom. The zero-order chi connectivity index (χ0) is 22.0. The molecule has 1 saturated heterocycles. The van der Waals surface area contributed by atoms with Gasteiger partial charge in [-0.2, -0.15) is 0 Å². The largest absolute Gasteiger partial charge is 0.593 e. The lowest BCUT2D eigenvalue weighted by Gasteiger charge is -2.20. The molecule has 1 aromatic heterocycles. The summed E-state index contributed by atoms with van der Waals surface area (Å²) in [6, 6.07) is 16.3. The normalized spacial score (nSPS) is 18.8. The van der Waals surface area contributed by atoms with Crippen molar-refractivity contribution in [2.75, 3.05) is 20.2 Å². The molecule has 7 nitrogen and oxygen atoms in total. The third kappa shape index (κ3) is 4.72. The average molecular weight is 442 g/mol. The van der Waals surface area contributed by atoms with Crippen molar-refractivity contribution in [1.29, 1.82) is 0 Å². The van der Waals surface area contributed by atoms with E-state index in [0.717, 1.165) is 36.4 Å².